The third-order valence-electron chi connectivity index (χ3n) is 9.67. The van der Waals surface area contributed by atoms with Crippen LogP contribution in [0.4, 0.5) is 17.1 Å². The Morgan fingerprint density at radius 2 is 0.980 bits per heavy atom. The van der Waals surface area contributed by atoms with Gasteiger partial charge in [-0.3, -0.25) is 0 Å². The highest BCUT2D eigenvalue weighted by Gasteiger charge is 2.20. The molecule has 0 saturated heterocycles. The molecule has 0 aliphatic carbocycles. The molecule has 2 aromatic heterocycles. The number of fused-ring (bicyclic) bond motifs is 8. The van der Waals surface area contributed by atoms with Gasteiger partial charge in [0.15, 0.2) is 0 Å². The van der Waals surface area contributed by atoms with Gasteiger partial charge in [0.05, 0.1) is 5.69 Å². The molecule has 10 aromatic rings. The Kier molecular flexibility index (Phi) is 6.18. The quantitative estimate of drug-likeness (QED) is 0.190. The van der Waals surface area contributed by atoms with E-state index in [1.807, 2.05) is 24.3 Å². The smallest absolute Gasteiger partial charge is 0.136 e. The number of rotatable bonds is 5. The maximum atomic E-state index is 6.34. The molecule has 10 rings (SSSR count). The van der Waals surface area contributed by atoms with E-state index in [9.17, 15) is 0 Å². The maximum Gasteiger partial charge on any atom is 0.136 e. The molecule has 230 valence electrons. The van der Waals surface area contributed by atoms with Crippen LogP contribution in [0.15, 0.2) is 185 Å². The van der Waals surface area contributed by atoms with Crippen molar-refractivity contribution < 1.29 is 8.83 Å². The average Bonchev–Trinajstić information content (AvgIpc) is 3.74. The van der Waals surface area contributed by atoms with Crippen LogP contribution in [-0.2, 0) is 0 Å². The van der Waals surface area contributed by atoms with E-state index in [-0.39, 0.29) is 0 Å². The van der Waals surface area contributed by atoms with Gasteiger partial charge in [0.2, 0.25) is 0 Å². The first-order valence-corrected chi connectivity index (χ1v) is 16.6. The lowest BCUT2D eigenvalue weighted by Crippen LogP contribution is -2.11. The molecule has 3 heteroatoms. The lowest BCUT2D eigenvalue weighted by molar-refractivity contribution is 0.669. The Morgan fingerprint density at radius 1 is 0.347 bits per heavy atom. The minimum absolute atomic E-state index is 0.898. The molecule has 0 saturated carbocycles. The Morgan fingerprint density at radius 3 is 1.84 bits per heavy atom. The van der Waals surface area contributed by atoms with Crippen LogP contribution < -0.4 is 4.90 Å². The van der Waals surface area contributed by atoms with Gasteiger partial charge in [-0.2, -0.15) is 0 Å². The minimum atomic E-state index is 0.898. The summed E-state index contributed by atoms with van der Waals surface area (Å²) >= 11 is 0. The van der Waals surface area contributed by atoms with Crippen LogP contribution in [0.5, 0.6) is 0 Å². The van der Waals surface area contributed by atoms with Crippen LogP contribution >= 0.6 is 0 Å². The molecule has 0 aliphatic rings. The van der Waals surface area contributed by atoms with Crippen molar-refractivity contribution >= 4 is 71.7 Å². The van der Waals surface area contributed by atoms with E-state index in [0.29, 0.717) is 0 Å². The SMILES string of the molecule is c1ccc(N(c2ccc(-c3ccc4c(c3)oc3ccccc34)cc2)c2ccccc2-c2cccc3ccc4oc5ccccc5c4c23)cc1. The molecule has 0 N–H and O–H groups in total. The highest BCUT2D eigenvalue weighted by molar-refractivity contribution is 6.23. The first kappa shape index (κ1) is 27.5. The van der Waals surface area contributed by atoms with Crippen LogP contribution in [0.2, 0.25) is 0 Å². The summed E-state index contributed by atoms with van der Waals surface area (Å²) in [5, 5.41) is 6.94. The van der Waals surface area contributed by atoms with Crippen molar-refractivity contribution in [3.63, 3.8) is 0 Å². The maximum absolute atomic E-state index is 6.34. The fraction of sp³-hybridized carbons (Fsp3) is 0. The van der Waals surface area contributed by atoms with Gasteiger partial charge in [-0.15, -0.1) is 0 Å². The number of nitrogens with zero attached hydrogens (tertiary/aromatic N) is 1. The van der Waals surface area contributed by atoms with Crippen LogP contribution in [0.25, 0.3) is 76.9 Å². The van der Waals surface area contributed by atoms with Crippen LogP contribution in [0.3, 0.4) is 0 Å². The van der Waals surface area contributed by atoms with Crippen LogP contribution in [0.1, 0.15) is 0 Å². The van der Waals surface area contributed by atoms with Crippen LogP contribution in [-0.4, -0.2) is 0 Å². The number of benzene rings is 8. The minimum Gasteiger partial charge on any atom is -0.456 e. The zero-order valence-electron chi connectivity index (χ0n) is 26.5. The summed E-state index contributed by atoms with van der Waals surface area (Å²) in [6.07, 6.45) is 0. The van der Waals surface area contributed by atoms with E-state index < -0.39 is 0 Å². The summed E-state index contributed by atoms with van der Waals surface area (Å²) in [6, 6.07) is 62.0. The molecular formula is C46H29NO2. The normalized spacial score (nSPS) is 11.7. The second kappa shape index (κ2) is 11.0. The van der Waals surface area contributed by atoms with Gasteiger partial charge in [-0.1, -0.05) is 115 Å². The van der Waals surface area contributed by atoms with Gasteiger partial charge in [0, 0.05) is 43.9 Å². The van der Waals surface area contributed by atoms with Crippen molar-refractivity contribution in [2.24, 2.45) is 0 Å². The van der Waals surface area contributed by atoms with Gasteiger partial charge < -0.3 is 13.7 Å². The summed E-state index contributed by atoms with van der Waals surface area (Å²) in [7, 11) is 0. The average molecular weight is 628 g/mol. The molecular weight excluding hydrogens is 599 g/mol. The molecule has 0 fully saturated rings. The first-order valence-electron chi connectivity index (χ1n) is 16.6. The molecule has 0 atom stereocenters. The Labute approximate surface area is 282 Å². The van der Waals surface area contributed by atoms with E-state index >= 15 is 0 Å². The number of para-hydroxylation sites is 4. The fourth-order valence-electron chi connectivity index (χ4n) is 7.43. The number of hydrogen-bond donors (Lipinski definition) is 0. The highest BCUT2D eigenvalue weighted by atomic mass is 16.3. The zero-order chi connectivity index (χ0) is 32.3. The lowest BCUT2D eigenvalue weighted by atomic mass is 9.93. The molecule has 8 aromatic carbocycles. The molecule has 2 heterocycles. The molecule has 0 spiro atoms. The Hall–Kier alpha value is -6.58. The van der Waals surface area contributed by atoms with Gasteiger partial charge in [0.25, 0.3) is 0 Å². The summed E-state index contributed by atoms with van der Waals surface area (Å²) in [4.78, 5) is 2.36. The molecule has 49 heavy (non-hydrogen) atoms. The molecule has 3 nitrogen and oxygen atoms in total. The number of hydrogen-bond acceptors (Lipinski definition) is 3. The lowest BCUT2D eigenvalue weighted by Gasteiger charge is -2.28. The molecule has 0 bridgehead atoms. The van der Waals surface area contributed by atoms with Crippen molar-refractivity contribution in [1.29, 1.82) is 0 Å². The van der Waals surface area contributed by atoms with E-state index in [1.165, 1.54) is 16.3 Å². The molecule has 0 amide bonds. The van der Waals surface area contributed by atoms with Crippen molar-refractivity contribution in [3.05, 3.63) is 176 Å². The summed E-state index contributed by atoms with van der Waals surface area (Å²) in [5.41, 5.74) is 11.4. The monoisotopic (exact) mass is 627 g/mol. The van der Waals surface area contributed by atoms with E-state index in [4.69, 9.17) is 8.83 Å². The van der Waals surface area contributed by atoms with E-state index in [2.05, 4.69) is 157 Å². The van der Waals surface area contributed by atoms with Crippen molar-refractivity contribution in [2.45, 2.75) is 0 Å². The first-order chi connectivity index (χ1) is 24.3. The number of anilines is 3. The second-order valence-electron chi connectivity index (χ2n) is 12.5. The standard InChI is InChI=1S/C46H29NO2/c1-2-12-33(13-3-1)47(34-25-21-30(22-26-34)32-23-27-37-36-15-5-8-19-41(36)49-44(37)29-32)40-18-7-4-14-35(40)38-17-10-11-31-24-28-43-46(45(31)38)39-16-6-9-20-42(39)48-43/h1-29H. The van der Waals surface area contributed by atoms with Gasteiger partial charge in [-0.25, -0.2) is 0 Å². The van der Waals surface area contributed by atoms with Crippen molar-refractivity contribution in [3.8, 4) is 22.3 Å². The van der Waals surface area contributed by atoms with Crippen molar-refractivity contribution in [1.82, 2.24) is 0 Å². The zero-order valence-corrected chi connectivity index (χ0v) is 26.5. The summed E-state index contributed by atoms with van der Waals surface area (Å²) < 4.78 is 12.5. The predicted octanol–water partition coefficient (Wildman–Crippen LogP) is 13.4. The van der Waals surface area contributed by atoms with E-state index in [1.54, 1.807) is 0 Å². The van der Waals surface area contributed by atoms with Gasteiger partial charge in [-0.05, 0) is 82.7 Å². The Balaban J connectivity index is 1.14. The summed E-state index contributed by atoms with van der Waals surface area (Å²) in [6.45, 7) is 0. The molecule has 0 aliphatic heterocycles. The third-order valence-corrected chi connectivity index (χ3v) is 9.67. The highest BCUT2D eigenvalue weighted by Crippen LogP contribution is 2.45. The third kappa shape index (κ3) is 4.44. The van der Waals surface area contributed by atoms with Gasteiger partial charge >= 0.3 is 0 Å². The summed E-state index contributed by atoms with van der Waals surface area (Å²) in [5.74, 6) is 0. The molecule has 0 unspecified atom stereocenters. The fourth-order valence-corrected chi connectivity index (χ4v) is 7.43. The topological polar surface area (TPSA) is 29.5 Å². The second-order valence-corrected chi connectivity index (χ2v) is 12.5. The van der Waals surface area contributed by atoms with Gasteiger partial charge in [0.1, 0.15) is 22.3 Å². The van der Waals surface area contributed by atoms with Crippen LogP contribution in [0, 0.1) is 0 Å². The van der Waals surface area contributed by atoms with Crippen molar-refractivity contribution in [2.75, 3.05) is 4.90 Å². The molecule has 0 radical (unpaired) electrons. The largest absolute Gasteiger partial charge is 0.456 e. The Bertz CT molecular complexity index is 2830. The number of furan rings is 2. The van der Waals surface area contributed by atoms with E-state index in [0.717, 1.165) is 77.6 Å². The predicted molar refractivity (Wildman–Crippen MR) is 204 cm³/mol.